The second kappa shape index (κ2) is 16.8. The molecular weight excluding hydrogens is 752 g/mol. The zero-order valence-electron chi connectivity index (χ0n) is 34.4. The van der Waals surface area contributed by atoms with E-state index in [1.54, 1.807) is 0 Å². The van der Waals surface area contributed by atoms with E-state index in [2.05, 4.69) is 41.1 Å². The van der Waals surface area contributed by atoms with Crippen LogP contribution in [0.2, 0.25) is 5.02 Å². The number of ether oxygens (including phenoxy) is 4. The average Bonchev–Trinajstić information content (AvgIpc) is 3.74. The van der Waals surface area contributed by atoms with E-state index in [1.165, 1.54) is 41.6 Å². The lowest BCUT2D eigenvalue weighted by Crippen LogP contribution is -2.53. The van der Waals surface area contributed by atoms with Gasteiger partial charge in [-0.1, -0.05) is 31.5 Å². The van der Waals surface area contributed by atoms with Crippen molar-refractivity contribution >= 4 is 23.3 Å². The van der Waals surface area contributed by atoms with Gasteiger partial charge in [-0.2, -0.15) is 0 Å². The molecule has 0 bridgehead atoms. The highest BCUT2D eigenvalue weighted by Crippen LogP contribution is 2.58. The molecule has 2 aromatic carbocycles. The van der Waals surface area contributed by atoms with Crippen LogP contribution in [0.3, 0.4) is 0 Å². The van der Waals surface area contributed by atoms with Crippen LogP contribution in [0, 0.1) is 17.8 Å². The Bertz CT molecular complexity index is 1950. The lowest BCUT2D eigenvalue weighted by Gasteiger charge is -2.47. The van der Waals surface area contributed by atoms with Crippen molar-refractivity contribution in [2.24, 2.45) is 17.8 Å². The molecular formula is C47H61ClN4O6. The topological polar surface area (TPSA) is 106 Å². The summed E-state index contributed by atoms with van der Waals surface area (Å²) in [5.41, 5.74) is 4.59. The number of aryl methyl sites for hydroxylation is 1. The first kappa shape index (κ1) is 39.9. The Morgan fingerprint density at radius 3 is 2.62 bits per heavy atom. The Labute approximate surface area is 348 Å². The minimum atomic E-state index is -1.08. The maximum absolute atomic E-state index is 13.1. The van der Waals surface area contributed by atoms with Crippen molar-refractivity contribution in [3.8, 4) is 17.2 Å². The van der Waals surface area contributed by atoms with E-state index < -0.39 is 11.5 Å². The number of nitrogens with one attached hydrogen (secondary N) is 1. The van der Waals surface area contributed by atoms with Gasteiger partial charge in [0.1, 0.15) is 11.3 Å². The van der Waals surface area contributed by atoms with Gasteiger partial charge in [0.05, 0.1) is 33.0 Å². The molecule has 10 nitrogen and oxygen atoms in total. The molecule has 2 unspecified atom stereocenters. The Morgan fingerprint density at radius 2 is 1.84 bits per heavy atom. The maximum Gasteiger partial charge on any atom is 0.329 e. The number of fused-ring (bicyclic) bond motifs is 4. The monoisotopic (exact) mass is 812 g/mol. The number of hydrogen-bond donors (Lipinski definition) is 2. The number of likely N-dealkylation sites (tertiary alicyclic amines) is 1. The summed E-state index contributed by atoms with van der Waals surface area (Å²) in [5.74, 6) is 3.22. The largest absolute Gasteiger partial charge is 0.493 e. The SMILES string of the molecule is C[C@@H](COc1ccnc2c1[C@H](C)CCC2)C[C@H]1Cc2cc3c(cc2C12CCC(Nc1cccc(Cl)c1)(C(=O)O)CC2)OCC(CN1CCC(N2CCOCC2)C1)CO3. The van der Waals surface area contributed by atoms with Crippen LogP contribution in [-0.2, 0) is 27.8 Å². The predicted octanol–water partition coefficient (Wildman–Crippen LogP) is 7.99. The van der Waals surface area contributed by atoms with Gasteiger partial charge < -0.3 is 34.3 Å². The summed E-state index contributed by atoms with van der Waals surface area (Å²) < 4.78 is 25.5. The van der Waals surface area contributed by atoms with Crippen molar-refractivity contribution in [2.45, 2.75) is 101 Å². The zero-order valence-corrected chi connectivity index (χ0v) is 35.1. The summed E-state index contributed by atoms with van der Waals surface area (Å²) >= 11 is 6.34. The normalized spacial score (nSPS) is 30.3. The molecule has 9 rings (SSSR count). The molecule has 3 fully saturated rings. The Kier molecular flexibility index (Phi) is 11.6. The van der Waals surface area contributed by atoms with Crippen LogP contribution < -0.4 is 19.5 Å². The fraction of sp³-hybridized carbons (Fsp3) is 0.617. The van der Waals surface area contributed by atoms with Gasteiger partial charge in [-0.3, -0.25) is 9.88 Å². The number of halogens is 1. The van der Waals surface area contributed by atoms with Gasteiger partial charge >= 0.3 is 5.97 Å². The number of aromatic nitrogens is 1. The summed E-state index contributed by atoms with van der Waals surface area (Å²) in [5, 5.41) is 14.8. The molecule has 2 saturated heterocycles. The number of carboxylic acid groups (broad SMARTS) is 1. The highest BCUT2D eigenvalue weighted by atomic mass is 35.5. The fourth-order valence-corrected chi connectivity index (χ4v) is 11.7. The van der Waals surface area contributed by atoms with Crippen LogP contribution in [0.1, 0.15) is 93.5 Å². The highest BCUT2D eigenvalue weighted by molar-refractivity contribution is 6.30. The Morgan fingerprint density at radius 1 is 1.05 bits per heavy atom. The van der Waals surface area contributed by atoms with Gasteiger partial charge in [0.25, 0.3) is 0 Å². The minimum absolute atomic E-state index is 0.183. The molecule has 1 spiro atoms. The zero-order chi connectivity index (χ0) is 39.9. The number of carboxylic acids is 1. The minimum Gasteiger partial charge on any atom is -0.493 e. The van der Waals surface area contributed by atoms with E-state index in [0.717, 1.165) is 101 Å². The average molecular weight is 813 g/mol. The highest BCUT2D eigenvalue weighted by Gasteiger charge is 2.54. The molecule has 2 N–H and O–H groups in total. The maximum atomic E-state index is 13.1. The van der Waals surface area contributed by atoms with E-state index in [9.17, 15) is 9.90 Å². The van der Waals surface area contributed by atoms with E-state index in [4.69, 9.17) is 35.5 Å². The molecule has 11 heteroatoms. The van der Waals surface area contributed by atoms with E-state index in [1.807, 2.05) is 36.5 Å². The molecule has 3 aliphatic heterocycles. The van der Waals surface area contributed by atoms with Crippen molar-refractivity contribution in [1.29, 1.82) is 0 Å². The molecule has 6 aliphatic rings. The summed E-state index contributed by atoms with van der Waals surface area (Å²) in [7, 11) is 0. The van der Waals surface area contributed by atoms with Crippen LogP contribution >= 0.6 is 11.6 Å². The van der Waals surface area contributed by atoms with E-state index in [0.29, 0.717) is 61.5 Å². The number of carbonyl (C=O) groups is 1. The van der Waals surface area contributed by atoms with Crippen molar-refractivity contribution in [3.05, 3.63) is 76.1 Å². The van der Waals surface area contributed by atoms with Crippen molar-refractivity contribution in [1.82, 2.24) is 14.8 Å². The first-order chi connectivity index (χ1) is 28.2. The van der Waals surface area contributed by atoms with Crippen LogP contribution in [0.25, 0.3) is 0 Å². The predicted molar refractivity (Wildman–Crippen MR) is 226 cm³/mol. The summed E-state index contributed by atoms with van der Waals surface area (Å²) in [6, 6.07) is 14.6. The number of rotatable bonds is 11. The first-order valence-electron chi connectivity index (χ1n) is 22.0. The smallest absolute Gasteiger partial charge is 0.329 e. The van der Waals surface area contributed by atoms with Gasteiger partial charge in [-0.15, -0.1) is 0 Å². The third-order valence-corrected chi connectivity index (χ3v) is 14.9. The molecule has 1 aromatic heterocycles. The molecule has 5 atom stereocenters. The number of hydrogen-bond acceptors (Lipinski definition) is 9. The number of nitrogens with zero attached hydrogens (tertiary/aromatic N) is 3. The van der Waals surface area contributed by atoms with Crippen LogP contribution in [-0.4, -0.2) is 103 Å². The number of pyridine rings is 1. The van der Waals surface area contributed by atoms with Gasteiger partial charge in [0, 0.05) is 66.3 Å². The van der Waals surface area contributed by atoms with Crippen LogP contribution in [0.15, 0.2) is 48.7 Å². The fourth-order valence-electron chi connectivity index (χ4n) is 11.5. The van der Waals surface area contributed by atoms with Gasteiger partial charge in [0.2, 0.25) is 0 Å². The molecule has 58 heavy (non-hydrogen) atoms. The molecule has 1 saturated carbocycles. The third-order valence-electron chi connectivity index (χ3n) is 14.6. The van der Waals surface area contributed by atoms with Gasteiger partial charge in [-0.25, -0.2) is 4.79 Å². The number of benzene rings is 2. The molecule has 3 aromatic rings. The summed E-state index contributed by atoms with van der Waals surface area (Å²) in [4.78, 5) is 23.0. The van der Waals surface area contributed by atoms with Crippen molar-refractivity contribution < 1.29 is 28.8 Å². The third kappa shape index (κ3) is 8.03. The van der Waals surface area contributed by atoms with Gasteiger partial charge in [0.15, 0.2) is 11.5 Å². The summed E-state index contributed by atoms with van der Waals surface area (Å²) in [6.45, 7) is 13.4. The number of aliphatic carboxylic acids is 1. The number of morpholine rings is 1. The second-order valence-electron chi connectivity index (χ2n) is 18.5. The Hall–Kier alpha value is -3.57. The number of anilines is 1. The quantitative estimate of drug-likeness (QED) is 0.198. The second-order valence-corrected chi connectivity index (χ2v) is 18.9. The standard InChI is InChI=1S/C47H61ClN4O6/c1-31(28-56-41-9-15-49-40-8-3-5-32(2)44(40)41)21-35-22-34-23-42-43(58-30-33(29-57-42)26-51-16-10-38(27-51)52-17-19-55-20-18-52)25-39(34)46(35)11-13-47(14-12-46,45(53)54)50-37-7-4-6-36(48)24-37/h4,6-7,9,15,23-25,31-33,35,38,50H,3,5,8,10-14,16-22,26-30H2,1-2H3,(H,53,54)/t31-,32-,33?,35+,38?,46?,47?/m1/s1. The summed E-state index contributed by atoms with van der Waals surface area (Å²) in [6.07, 6.45) is 10.9. The molecule has 312 valence electrons. The van der Waals surface area contributed by atoms with Crippen molar-refractivity contribution in [3.63, 3.8) is 0 Å². The molecule has 0 amide bonds. The molecule has 0 radical (unpaired) electrons. The van der Waals surface area contributed by atoms with E-state index in [-0.39, 0.29) is 11.3 Å². The molecule has 3 aliphatic carbocycles. The van der Waals surface area contributed by atoms with E-state index >= 15 is 0 Å². The first-order valence-corrected chi connectivity index (χ1v) is 22.4. The van der Waals surface area contributed by atoms with Crippen LogP contribution in [0.5, 0.6) is 17.2 Å². The Balaban J connectivity index is 0.927. The lowest BCUT2D eigenvalue weighted by atomic mass is 9.59. The lowest BCUT2D eigenvalue weighted by molar-refractivity contribution is -0.144. The molecule has 4 heterocycles. The van der Waals surface area contributed by atoms with Crippen LogP contribution in [0.4, 0.5) is 5.69 Å². The van der Waals surface area contributed by atoms with Gasteiger partial charge in [-0.05, 0) is 141 Å². The van der Waals surface area contributed by atoms with Crippen molar-refractivity contribution in [2.75, 3.05) is 71.1 Å².